The summed E-state index contributed by atoms with van der Waals surface area (Å²) in [5.41, 5.74) is -0.0571. The minimum absolute atomic E-state index is 0.0267. The van der Waals surface area contributed by atoms with Crippen molar-refractivity contribution in [2.45, 2.75) is 65.6 Å². The lowest BCUT2D eigenvalue weighted by Crippen LogP contribution is -2.47. The quantitative estimate of drug-likeness (QED) is 0.838. The van der Waals surface area contributed by atoms with Crippen LogP contribution >= 0.6 is 0 Å². The average molecular weight is 306 g/mol. The summed E-state index contributed by atoms with van der Waals surface area (Å²) in [5, 5.41) is 20.1. The van der Waals surface area contributed by atoms with Gasteiger partial charge in [0, 0.05) is 5.41 Å². The highest BCUT2D eigenvalue weighted by molar-refractivity contribution is 6.00. The largest absolute Gasteiger partial charge is 0.390 e. The molecule has 1 saturated carbocycles. The molecule has 2 rings (SSSR count). The Morgan fingerprint density at radius 1 is 1.14 bits per heavy atom. The van der Waals surface area contributed by atoms with Crippen molar-refractivity contribution >= 4 is 5.78 Å². The molecule has 2 aliphatic rings. The zero-order chi connectivity index (χ0) is 16.5. The van der Waals surface area contributed by atoms with Gasteiger partial charge in [-0.3, -0.25) is 4.79 Å². The fraction of sp³-hybridized carbons (Fsp3) is 0.737. The monoisotopic (exact) mass is 306 g/mol. The first-order chi connectivity index (χ1) is 10.2. The van der Waals surface area contributed by atoms with Gasteiger partial charge in [0.25, 0.3) is 0 Å². The molecule has 4 atom stereocenters. The normalized spacial score (nSPS) is 37.8. The lowest BCUT2D eigenvalue weighted by atomic mass is 9.59. The van der Waals surface area contributed by atoms with E-state index >= 15 is 0 Å². The number of aliphatic hydroxyl groups is 2. The van der Waals surface area contributed by atoms with Gasteiger partial charge in [-0.2, -0.15) is 0 Å². The summed E-state index contributed by atoms with van der Waals surface area (Å²) >= 11 is 0. The van der Waals surface area contributed by atoms with Crippen LogP contribution in [0.25, 0.3) is 0 Å². The first kappa shape index (κ1) is 17.4. The molecule has 3 heteroatoms. The van der Waals surface area contributed by atoms with Crippen molar-refractivity contribution in [1.29, 1.82) is 0 Å². The van der Waals surface area contributed by atoms with Crippen LogP contribution in [0.15, 0.2) is 24.3 Å². The van der Waals surface area contributed by atoms with E-state index in [4.69, 9.17) is 0 Å². The van der Waals surface area contributed by atoms with Gasteiger partial charge < -0.3 is 10.2 Å². The molecular weight excluding hydrogens is 276 g/mol. The Kier molecular flexibility index (Phi) is 4.98. The van der Waals surface area contributed by atoms with Crippen molar-refractivity contribution in [2.24, 2.45) is 22.7 Å². The van der Waals surface area contributed by atoms with Gasteiger partial charge in [0.05, 0.1) is 12.2 Å². The molecule has 0 aromatic rings. The Hall–Kier alpha value is -0.930. The number of aliphatic hydroxyl groups excluding tert-OH is 2. The molecule has 2 unspecified atom stereocenters. The third kappa shape index (κ3) is 3.69. The van der Waals surface area contributed by atoms with Crippen molar-refractivity contribution in [3.05, 3.63) is 24.3 Å². The summed E-state index contributed by atoms with van der Waals surface area (Å²) in [6.07, 6.45) is 9.36. The molecule has 2 N–H and O–H groups in total. The molecular formula is C19H30O3. The second-order valence-electron chi connectivity index (χ2n) is 8.15. The molecule has 0 bridgehead atoms. The van der Waals surface area contributed by atoms with Crippen LogP contribution in [-0.2, 0) is 4.79 Å². The molecule has 0 spiro atoms. The summed E-state index contributed by atoms with van der Waals surface area (Å²) < 4.78 is 0. The van der Waals surface area contributed by atoms with Crippen molar-refractivity contribution in [2.75, 3.05) is 0 Å². The average Bonchev–Trinajstić information content (AvgIpc) is 2.44. The minimum Gasteiger partial charge on any atom is -0.390 e. The summed E-state index contributed by atoms with van der Waals surface area (Å²) in [4.78, 5) is 11.3. The highest BCUT2D eigenvalue weighted by Gasteiger charge is 2.45. The fourth-order valence-corrected chi connectivity index (χ4v) is 4.21. The predicted molar refractivity (Wildman–Crippen MR) is 88.3 cm³/mol. The number of rotatable bonds is 4. The van der Waals surface area contributed by atoms with Gasteiger partial charge in [0.15, 0.2) is 5.78 Å². The third-order valence-corrected chi connectivity index (χ3v) is 5.81. The number of allylic oxidation sites excluding steroid dienone is 4. The Labute approximate surface area is 134 Å². The van der Waals surface area contributed by atoms with Gasteiger partial charge in [0.2, 0.25) is 0 Å². The highest BCUT2D eigenvalue weighted by atomic mass is 16.3. The first-order valence-corrected chi connectivity index (χ1v) is 8.44. The number of carbonyl (C=O) groups is 1. The van der Waals surface area contributed by atoms with E-state index in [2.05, 4.69) is 27.7 Å². The molecule has 124 valence electrons. The van der Waals surface area contributed by atoms with Crippen LogP contribution in [0.5, 0.6) is 0 Å². The number of carbonyl (C=O) groups excluding carboxylic acids is 1. The summed E-state index contributed by atoms with van der Waals surface area (Å²) in [6.45, 7) is 8.80. The summed E-state index contributed by atoms with van der Waals surface area (Å²) in [6, 6.07) is 0. The number of ketones is 1. The lowest BCUT2D eigenvalue weighted by Gasteiger charge is -2.48. The van der Waals surface area contributed by atoms with Gasteiger partial charge >= 0.3 is 0 Å². The SMILES string of the molecule is CC(C)[C@H]1CC(O)C(O)C[C@]1(C)CCC1(C)C=CC(=O)C=C1. The smallest absolute Gasteiger partial charge is 0.178 e. The van der Waals surface area contributed by atoms with E-state index in [1.807, 2.05) is 12.2 Å². The molecule has 0 aromatic carbocycles. The van der Waals surface area contributed by atoms with E-state index in [0.29, 0.717) is 24.7 Å². The van der Waals surface area contributed by atoms with Crippen LogP contribution in [0.3, 0.4) is 0 Å². The number of hydrogen-bond donors (Lipinski definition) is 2. The van der Waals surface area contributed by atoms with Gasteiger partial charge in [-0.1, -0.05) is 39.8 Å². The minimum atomic E-state index is -0.619. The maximum absolute atomic E-state index is 11.3. The second-order valence-corrected chi connectivity index (χ2v) is 8.15. The molecule has 0 heterocycles. The molecule has 1 fully saturated rings. The standard InChI is InChI=1S/C19H30O3/c1-13(2)15-11-16(21)17(22)12-19(15,4)10-9-18(3)7-5-14(20)6-8-18/h5-8,13,15-17,21-22H,9-12H2,1-4H3/t15-,16?,17?,19+/m1/s1. The van der Waals surface area contributed by atoms with Crippen molar-refractivity contribution in [3.63, 3.8) is 0 Å². The molecule has 2 aliphatic carbocycles. The van der Waals surface area contributed by atoms with Gasteiger partial charge in [0.1, 0.15) is 0 Å². The maximum atomic E-state index is 11.3. The van der Waals surface area contributed by atoms with Crippen LogP contribution < -0.4 is 0 Å². The number of hydrogen-bond acceptors (Lipinski definition) is 3. The zero-order valence-electron chi connectivity index (χ0n) is 14.2. The molecule has 0 saturated heterocycles. The topological polar surface area (TPSA) is 57.5 Å². The van der Waals surface area contributed by atoms with Gasteiger partial charge in [-0.15, -0.1) is 0 Å². The van der Waals surface area contributed by atoms with Crippen molar-refractivity contribution in [1.82, 2.24) is 0 Å². The van der Waals surface area contributed by atoms with E-state index in [1.54, 1.807) is 12.2 Å². The predicted octanol–water partition coefficient (Wildman–Crippen LogP) is 3.26. The van der Waals surface area contributed by atoms with Gasteiger partial charge in [-0.05, 0) is 55.1 Å². The third-order valence-electron chi connectivity index (χ3n) is 5.81. The van der Waals surface area contributed by atoms with E-state index in [1.165, 1.54) is 0 Å². The van der Waals surface area contributed by atoms with E-state index in [9.17, 15) is 15.0 Å². The van der Waals surface area contributed by atoms with Crippen molar-refractivity contribution in [3.8, 4) is 0 Å². The molecule has 22 heavy (non-hydrogen) atoms. The fourth-order valence-electron chi connectivity index (χ4n) is 4.21. The van der Waals surface area contributed by atoms with Gasteiger partial charge in [-0.25, -0.2) is 0 Å². The highest BCUT2D eigenvalue weighted by Crippen LogP contribution is 2.49. The summed E-state index contributed by atoms with van der Waals surface area (Å²) in [7, 11) is 0. The Morgan fingerprint density at radius 3 is 2.27 bits per heavy atom. The van der Waals surface area contributed by atoms with E-state index in [-0.39, 0.29) is 16.6 Å². The Balaban J connectivity index is 2.10. The lowest BCUT2D eigenvalue weighted by molar-refractivity contribution is -0.110. The molecule has 0 radical (unpaired) electrons. The molecule has 3 nitrogen and oxygen atoms in total. The van der Waals surface area contributed by atoms with E-state index in [0.717, 1.165) is 12.8 Å². The van der Waals surface area contributed by atoms with Crippen LogP contribution in [0.4, 0.5) is 0 Å². The Morgan fingerprint density at radius 2 is 1.73 bits per heavy atom. The van der Waals surface area contributed by atoms with Crippen molar-refractivity contribution < 1.29 is 15.0 Å². The van der Waals surface area contributed by atoms with Crippen LogP contribution in [-0.4, -0.2) is 28.2 Å². The molecule has 0 aromatic heterocycles. The molecule has 0 amide bonds. The zero-order valence-corrected chi connectivity index (χ0v) is 14.2. The first-order valence-electron chi connectivity index (χ1n) is 8.44. The summed E-state index contributed by atoms with van der Waals surface area (Å²) in [5.74, 6) is 0.951. The van der Waals surface area contributed by atoms with E-state index < -0.39 is 12.2 Å². The second kappa shape index (κ2) is 6.29. The van der Waals surface area contributed by atoms with Crippen LogP contribution in [0, 0.1) is 22.7 Å². The Bertz CT molecular complexity index is 461. The van der Waals surface area contributed by atoms with Crippen LogP contribution in [0.1, 0.15) is 53.4 Å². The maximum Gasteiger partial charge on any atom is 0.178 e. The molecule has 0 aliphatic heterocycles. The van der Waals surface area contributed by atoms with Crippen LogP contribution in [0.2, 0.25) is 0 Å².